The molecular formula is C16H14N2O4S2. The molecule has 1 amide bonds. The molecule has 0 saturated heterocycles. The molecule has 0 aliphatic heterocycles. The first kappa shape index (κ1) is 16.4. The number of hydrogen-bond acceptors (Lipinski definition) is 6. The molecule has 0 fully saturated rings. The minimum atomic E-state index is -3.68. The molecule has 6 nitrogen and oxygen atoms in total. The second-order valence-electron chi connectivity index (χ2n) is 4.95. The average molecular weight is 362 g/mol. The fourth-order valence-electron chi connectivity index (χ4n) is 2.18. The molecule has 0 aliphatic carbocycles. The Hall–Kier alpha value is -2.45. The molecule has 0 radical (unpaired) electrons. The Kier molecular flexibility index (Phi) is 4.50. The number of nitrogens with one attached hydrogen (secondary N) is 1. The standard InChI is InChI=1S/C16H14N2O4S2/c1-22-12-8-5-9-13-15(12)18-16(23-13)17-14(19)10-24(20,21)11-6-3-2-4-7-11/h2-9H,10H2,1H3,(H,17,18,19). The van der Waals surface area contributed by atoms with E-state index in [-0.39, 0.29) is 4.90 Å². The van der Waals surface area contributed by atoms with E-state index in [0.717, 1.165) is 4.70 Å². The van der Waals surface area contributed by atoms with Crippen LogP contribution in [0.1, 0.15) is 0 Å². The lowest BCUT2D eigenvalue weighted by Gasteiger charge is -2.04. The van der Waals surface area contributed by atoms with Crippen LogP contribution in [0.15, 0.2) is 53.4 Å². The minimum absolute atomic E-state index is 0.117. The molecule has 0 spiro atoms. The lowest BCUT2D eigenvalue weighted by Crippen LogP contribution is -2.22. The number of ether oxygens (including phenoxy) is 1. The Balaban J connectivity index is 1.78. The van der Waals surface area contributed by atoms with Crippen molar-refractivity contribution in [2.45, 2.75) is 4.90 Å². The Morgan fingerprint density at radius 3 is 2.62 bits per heavy atom. The third-order valence-electron chi connectivity index (χ3n) is 3.27. The number of rotatable bonds is 5. The van der Waals surface area contributed by atoms with E-state index < -0.39 is 21.5 Å². The Labute approximate surface area is 143 Å². The van der Waals surface area contributed by atoms with Crippen LogP contribution in [-0.2, 0) is 14.6 Å². The summed E-state index contributed by atoms with van der Waals surface area (Å²) >= 11 is 1.26. The molecule has 3 aromatic rings. The van der Waals surface area contributed by atoms with E-state index in [1.54, 1.807) is 31.4 Å². The van der Waals surface area contributed by atoms with E-state index in [1.165, 1.54) is 23.5 Å². The van der Waals surface area contributed by atoms with Crippen LogP contribution >= 0.6 is 11.3 Å². The van der Waals surface area contributed by atoms with Crippen LogP contribution in [0, 0.1) is 0 Å². The lowest BCUT2D eigenvalue weighted by molar-refractivity contribution is -0.113. The first-order valence-corrected chi connectivity index (χ1v) is 9.48. The van der Waals surface area contributed by atoms with E-state index >= 15 is 0 Å². The van der Waals surface area contributed by atoms with Gasteiger partial charge in [0.1, 0.15) is 17.0 Å². The molecule has 1 N–H and O–H groups in total. The molecule has 1 heterocycles. The number of hydrogen-bond donors (Lipinski definition) is 1. The van der Waals surface area contributed by atoms with Crippen LogP contribution in [0.3, 0.4) is 0 Å². The van der Waals surface area contributed by atoms with Gasteiger partial charge in [-0.3, -0.25) is 4.79 Å². The highest BCUT2D eigenvalue weighted by atomic mass is 32.2. The van der Waals surface area contributed by atoms with Crippen LogP contribution in [0.5, 0.6) is 5.75 Å². The van der Waals surface area contributed by atoms with E-state index in [9.17, 15) is 13.2 Å². The normalized spacial score (nSPS) is 11.4. The highest BCUT2D eigenvalue weighted by Gasteiger charge is 2.20. The number of fused-ring (bicyclic) bond motifs is 1. The van der Waals surface area contributed by atoms with Gasteiger partial charge in [0.2, 0.25) is 5.91 Å². The number of sulfone groups is 1. The number of benzene rings is 2. The van der Waals surface area contributed by atoms with Gasteiger partial charge >= 0.3 is 0 Å². The first-order valence-electron chi connectivity index (χ1n) is 7.01. The molecule has 0 bridgehead atoms. The number of nitrogens with zero attached hydrogens (tertiary/aromatic N) is 1. The largest absolute Gasteiger partial charge is 0.494 e. The van der Waals surface area contributed by atoms with Crippen LogP contribution < -0.4 is 10.1 Å². The van der Waals surface area contributed by atoms with Crippen molar-refractivity contribution in [1.29, 1.82) is 0 Å². The van der Waals surface area contributed by atoms with Crippen molar-refractivity contribution >= 4 is 42.4 Å². The monoisotopic (exact) mass is 362 g/mol. The van der Waals surface area contributed by atoms with Crippen molar-refractivity contribution in [3.63, 3.8) is 0 Å². The summed E-state index contributed by atoms with van der Waals surface area (Å²) in [5, 5.41) is 2.88. The van der Waals surface area contributed by atoms with Gasteiger partial charge in [0.25, 0.3) is 0 Å². The van der Waals surface area contributed by atoms with Gasteiger partial charge in [-0.05, 0) is 24.3 Å². The van der Waals surface area contributed by atoms with E-state index in [4.69, 9.17) is 4.74 Å². The van der Waals surface area contributed by atoms with Gasteiger partial charge < -0.3 is 10.1 Å². The Morgan fingerprint density at radius 1 is 1.17 bits per heavy atom. The average Bonchev–Trinajstić information content (AvgIpc) is 2.97. The predicted molar refractivity (Wildman–Crippen MR) is 93.3 cm³/mol. The molecule has 0 atom stereocenters. The predicted octanol–water partition coefficient (Wildman–Crippen LogP) is 2.72. The second-order valence-corrected chi connectivity index (χ2v) is 7.97. The lowest BCUT2D eigenvalue weighted by atomic mass is 10.3. The molecule has 8 heteroatoms. The highest BCUT2D eigenvalue weighted by molar-refractivity contribution is 7.92. The molecule has 24 heavy (non-hydrogen) atoms. The summed E-state index contributed by atoms with van der Waals surface area (Å²) < 4.78 is 30.5. The Bertz CT molecular complexity index is 982. The van der Waals surface area contributed by atoms with Crippen molar-refractivity contribution in [1.82, 2.24) is 4.98 Å². The number of carbonyl (C=O) groups excluding carboxylic acids is 1. The summed E-state index contributed by atoms with van der Waals surface area (Å²) in [6.07, 6.45) is 0. The van der Waals surface area contributed by atoms with Gasteiger partial charge in [0, 0.05) is 0 Å². The molecule has 124 valence electrons. The van der Waals surface area contributed by atoms with Crippen molar-refractivity contribution in [2.75, 3.05) is 18.2 Å². The Morgan fingerprint density at radius 2 is 1.92 bits per heavy atom. The van der Waals surface area contributed by atoms with E-state index in [1.807, 2.05) is 12.1 Å². The molecule has 2 aromatic carbocycles. The summed E-state index contributed by atoms with van der Waals surface area (Å²) in [4.78, 5) is 16.5. The van der Waals surface area contributed by atoms with Gasteiger partial charge in [-0.25, -0.2) is 13.4 Å². The van der Waals surface area contributed by atoms with Crippen LogP contribution in [0.4, 0.5) is 5.13 Å². The summed E-state index contributed by atoms with van der Waals surface area (Å²) in [6.45, 7) is 0. The molecule has 0 unspecified atom stereocenters. The van der Waals surface area contributed by atoms with Gasteiger partial charge in [0.15, 0.2) is 15.0 Å². The third-order valence-corrected chi connectivity index (χ3v) is 5.84. The van der Waals surface area contributed by atoms with Gasteiger partial charge in [-0.2, -0.15) is 0 Å². The summed E-state index contributed by atoms with van der Waals surface area (Å²) in [5.74, 6) is -0.664. The van der Waals surface area contributed by atoms with E-state index in [2.05, 4.69) is 10.3 Å². The minimum Gasteiger partial charge on any atom is -0.494 e. The summed E-state index contributed by atoms with van der Waals surface area (Å²) in [5.41, 5.74) is 0.631. The van der Waals surface area contributed by atoms with Crippen molar-refractivity contribution in [2.24, 2.45) is 0 Å². The fraction of sp³-hybridized carbons (Fsp3) is 0.125. The molecular weight excluding hydrogens is 348 g/mol. The zero-order valence-corrected chi connectivity index (χ0v) is 14.4. The van der Waals surface area contributed by atoms with Crippen LogP contribution in [-0.4, -0.2) is 32.2 Å². The maximum atomic E-state index is 12.2. The number of aromatic nitrogens is 1. The number of thiazole rings is 1. The van der Waals surface area contributed by atoms with Gasteiger partial charge in [0.05, 0.1) is 16.7 Å². The number of para-hydroxylation sites is 1. The zero-order valence-electron chi connectivity index (χ0n) is 12.7. The molecule has 3 rings (SSSR count). The highest BCUT2D eigenvalue weighted by Crippen LogP contribution is 2.32. The number of methoxy groups -OCH3 is 1. The van der Waals surface area contributed by atoms with Crippen LogP contribution in [0.2, 0.25) is 0 Å². The maximum Gasteiger partial charge on any atom is 0.241 e. The number of carbonyl (C=O) groups is 1. The van der Waals surface area contributed by atoms with Gasteiger partial charge in [-0.1, -0.05) is 35.6 Å². The van der Waals surface area contributed by atoms with Crippen molar-refractivity contribution in [3.05, 3.63) is 48.5 Å². The van der Waals surface area contributed by atoms with E-state index in [0.29, 0.717) is 16.4 Å². The molecule has 0 aliphatic rings. The molecule has 1 aromatic heterocycles. The van der Waals surface area contributed by atoms with Crippen molar-refractivity contribution in [3.8, 4) is 5.75 Å². The zero-order chi connectivity index (χ0) is 17.2. The summed E-state index contributed by atoms with van der Waals surface area (Å²) in [7, 11) is -2.14. The summed E-state index contributed by atoms with van der Waals surface area (Å²) in [6, 6.07) is 13.3. The van der Waals surface area contributed by atoms with Crippen molar-refractivity contribution < 1.29 is 17.9 Å². The fourth-order valence-corrected chi connectivity index (χ4v) is 4.24. The quantitative estimate of drug-likeness (QED) is 0.754. The maximum absolute atomic E-state index is 12.2. The molecule has 0 saturated carbocycles. The number of amides is 1. The van der Waals surface area contributed by atoms with Gasteiger partial charge in [-0.15, -0.1) is 0 Å². The SMILES string of the molecule is COc1cccc2sc(NC(=O)CS(=O)(=O)c3ccccc3)nc12. The van der Waals surface area contributed by atoms with Crippen LogP contribution in [0.25, 0.3) is 10.2 Å². The number of anilines is 1. The smallest absolute Gasteiger partial charge is 0.241 e. The topological polar surface area (TPSA) is 85.4 Å². The first-order chi connectivity index (χ1) is 11.5. The third kappa shape index (κ3) is 3.39. The second kappa shape index (κ2) is 6.58.